The van der Waals surface area contributed by atoms with Gasteiger partial charge in [-0.15, -0.1) is 0 Å². The molecule has 7 nitrogen and oxygen atoms in total. The van der Waals surface area contributed by atoms with Crippen LogP contribution in [0.25, 0.3) is 10.9 Å². The first-order chi connectivity index (χ1) is 15.7. The molecule has 0 saturated heterocycles. The van der Waals surface area contributed by atoms with Gasteiger partial charge in [0.05, 0.1) is 6.21 Å². The van der Waals surface area contributed by atoms with Crippen molar-refractivity contribution in [2.75, 3.05) is 6.79 Å². The third-order valence-corrected chi connectivity index (χ3v) is 5.27. The number of carbonyl (C=O) groups is 1. The van der Waals surface area contributed by atoms with Gasteiger partial charge in [0.25, 0.3) is 5.91 Å². The van der Waals surface area contributed by atoms with Crippen molar-refractivity contribution in [2.24, 2.45) is 12.1 Å². The fourth-order valence-electron chi connectivity index (χ4n) is 3.59. The quantitative estimate of drug-likeness (QED) is 0.369. The van der Waals surface area contributed by atoms with Crippen molar-refractivity contribution >= 4 is 23.0 Å². The van der Waals surface area contributed by atoms with E-state index >= 15 is 0 Å². The van der Waals surface area contributed by atoms with Gasteiger partial charge in [-0.3, -0.25) is 4.79 Å². The molecule has 3 aromatic carbocycles. The lowest BCUT2D eigenvalue weighted by molar-refractivity contribution is 0.0947. The van der Waals surface area contributed by atoms with E-state index in [4.69, 9.17) is 14.2 Å². The summed E-state index contributed by atoms with van der Waals surface area (Å²) in [4.78, 5) is 12.7. The number of aryl methyl sites for hydroxylation is 1. The molecule has 0 saturated carbocycles. The topological polar surface area (TPSA) is 74.1 Å². The van der Waals surface area contributed by atoms with Gasteiger partial charge < -0.3 is 18.8 Å². The van der Waals surface area contributed by atoms with Crippen LogP contribution < -0.4 is 19.6 Å². The van der Waals surface area contributed by atoms with Crippen LogP contribution in [0.4, 0.5) is 0 Å². The highest BCUT2D eigenvalue weighted by Crippen LogP contribution is 2.32. The molecule has 5 rings (SSSR count). The van der Waals surface area contributed by atoms with Gasteiger partial charge in [0.1, 0.15) is 18.1 Å². The van der Waals surface area contributed by atoms with Gasteiger partial charge in [0.15, 0.2) is 11.5 Å². The Kier molecular flexibility index (Phi) is 5.21. The maximum Gasteiger partial charge on any atom is 0.287 e. The van der Waals surface area contributed by atoms with E-state index in [0.29, 0.717) is 23.8 Å². The molecular weight excluding hydrogens is 406 g/mol. The number of ether oxygens (including phenoxy) is 3. The molecule has 0 bridgehead atoms. The van der Waals surface area contributed by atoms with Crippen LogP contribution in [0.3, 0.4) is 0 Å². The van der Waals surface area contributed by atoms with E-state index in [2.05, 4.69) is 10.5 Å². The van der Waals surface area contributed by atoms with E-state index in [1.54, 1.807) is 6.21 Å². The Morgan fingerprint density at radius 3 is 2.78 bits per heavy atom. The number of rotatable bonds is 6. The number of nitrogens with one attached hydrogen (secondary N) is 1. The Bertz CT molecular complexity index is 1310. The van der Waals surface area contributed by atoms with Crippen molar-refractivity contribution in [3.05, 3.63) is 89.6 Å². The second kappa shape index (κ2) is 8.47. The molecule has 0 aliphatic carbocycles. The molecule has 1 aliphatic rings. The first-order valence-corrected chi connectivity index (χ1v) is 10.2. The van der Waals surface area contributed by atoms with Crippen LogP contribution >= 0.6 is 0 Å². The number of hydrogen-bond acceptors (Lipinski definition) is 5. The summed E-state index contributed by atoms with van der Waals surface area (Å²) in [5, 5.41) is 5.00. The van der Waals surface area contributed by atoms with E-state index < -0.39 is 0 Å². The average Bonchev–Trinajstić information content (AvgIpc) is 3.42. The van der Waals surface area contributed by atoms with Gasteiger partial charge in [0, 0.05) is 18.0 Å². The molecule has 0 atom stereocenters. The molecule has 4 aromatic rings. The second-order valence-corrected chi connectivity index (χ2v) is 7.40. The predicted octanol–water partition coefficient (Wildman–Crippen LogP) is 4.25. The zero-order chi connectivity index (χ0) is 21.9. The number of hydrazone groups is 1. The average molecular weight is 427 g/mol. The van der Waals surface area contributed by atoms with E-state index in [1.807, 2.05) is 84.4 Å². The highest BCUT2D eigenvalue weighted by atomic mass is 16.7. The van der Waals surface area contributed by atoms with Crippen molar-refractivity contribution in [3.8, 4) is 17.2 Å². The van der Waals surface area contributed by atoms with Crippen LogP contribution in [0.15, 0.2) is 77.9 Å². The number of carbonyl (C=O) groups excluding carboxylic acids is 1. The zero-order valence-electron chi connectivity index (χ0n) is 17.4. The summed E-state index contributed by atoms with van der Waals surface area (Å²) in [5.74, 6) is 1.82. The lowest BCUT2D eigenvalue weighted by Gasteiger charge is -2.07. The summed E-state index contributed by atoms with van der Waals surface area (Å²) < 4.78 is 18.4. The lowest BCUT2D eigenvalue weighted by Crippen LogP contribution is -2.20. The van der Waals surface area contributed by atoms with Crippen LogP contribution in [-0.4, -0.2) is 23.5 Å². The third-order valence-electron chi connectivity index (χ3n) is 5.27. The van der Waals surface area contributed by atoms with Crippen LogP contribution in [-0.2, 0) is 13.7 Å². The molecule has 1 amide bonds. The number of fused-ring (bicyclic) bond motifs is 2. The summed E-state index contributed by atoms with van der Waals surface area (Å²) >= 11 is 0. The highest BCUT2D eigenvalue weighted by molar-refractivity contribution is 5.99. The van der Waals surface area contributed by atoms with E-state index in [0.717, 1.165) is 27.8 Å². The highest BCUT2D eigenvalue weighted by Gasteiger charge is 2.14. The standard InChI is InChI=1S/C25H21N3O4/c1-28-21-9-8-20(30-15-17-5-3-2-4-6-17)12-19(21)13-22(28)25(29)27-26-14-18-7-10-23-24(11-18)32-16-31-23/h2-14H,15-16H2,1H3,(H,27,29)/b26-14+. The fraction of sp³-hybridized carbons (Fsp3) is 0.120. The largest absolute Gasteiger partial charge is 0.489 e. The van der Waals surface area contributed by atoms with Crippen LogP contribution in [0.1, 0.15) is 21.6 Å². The van der Waals surface area contributed by atoms with Crippen LogP contribution in [0.5, 0.6) is 17.2 Å². The number of benzene rings is 3. The first kappa shape index (κ1) is 19.7. The molecule has 1 aromatic heterocycles. The van der Waals surface area contributed by atoms with Crippen molar-refractivity contribution < 1.29 is 19.0 Å². The number of hydrogen-bond donors (Lipinski definition) is 1. The van der Waals surface area contributed by atoms with Gasteiger partial charge in [-0.05, 0) is 53.6 Å². The summed E-state index contributed by atoms with van der Waals surface area (Å²) in [6.07, 6.45) is 1.57. The normalized spacial score (nSPS) is 12.4. The van der Waals surface area contributed by atoms with Gasteiger partial charge in [0.2, 0.25) is 6.79 Å². The molecule has 0 unspecified atom stereocenters. The monoisotopic (exact) mass is 427 g/mol. The van der Waals surface area contributed by atoms with Gasteiger partial charge in [-0.1, -0.05) is 30.3 Å². The Morgan fingerprint density at radius 2 is 1.91 bits per heavy atom. The fourth-order valence-corrected chi connectivity index (χ4v) is 3.59. The summed E-state index contributed by atoms with van der Waals surface area (Å²) in [6, 6.07) is 23.1. The van der Waals surface area contributed by atoms with E-state index in [1.165, 1.54) is 0 Å². The molecule has 7 heteroatoms. The lowest BCUT2D eigenvalue weighted by atomic mass is 10.2. The summed E-state index contributed by atoms with van der Waals surface area (Å²) in [6.45, 7) is 0.702. The van der Waals surface area contributed by atoms with E-state index in [9.17, 15) is 4.79 Å². The molecule has 0 spiro atoms. The van der Waals surface area contributed by atoms with Crippen molar-refractivity contribution in [1.82, 2.24) is 9.99 Å². The summed E-state index contributed by atoms with van der Waals surface area (Å²) in [5.41, 5.74) is 5.92. The molecule has 0 fully saturated rings. The Labute approximate surface area is 184 Å². The van der Waals surface area contributed by atoms with Crippen molar-refractivity contribution in [3.63, 3.8) is 0 Å². The molecule has 32 heavy (non-hydrogen) atoms. The molecule has 2 heterocycles. The SMILES string of the molecule is Cn1c(C(=O)N/N=C/c2ccc3c(c2)OCO3)cc2cc(OCc3ccccc3)ccc21. The Balaban J connectivity index is 1.28. The van der Waals surface area contributed by atoms with Gasteiger partial charge >= 0.3 is 0 Å². The molecule has 0 radical (unpaired) electrons. The maximum absolute atomic E-state index is 12.7. The van der Waals surface area contributed by atoms with Crippen LogP contribution in [0.2, 0.25) is 0 Å². The number of aromatic nitrogens is 1. The minimum atomic E-state index is -0.299. The maximum atomic E-state index is 12.7. The molecule has 160 valence electrons. The molecular formula is C25H21N3O4. The summed E-state index contributed by atoms with van der Waals surface area (Å²) in [7, 11) is 1.85. The minimum Gasteiger partial charge on any atom is -0.489 e. The van der Waals surface area contributed by atoms with Gasteiger partial charge in [-0.25, -0.2) is 5.43 Å². The number of amides is 1. The van der Waals surface area contributed by atoms with Crippen LogP contribution in [0, 0.1) is 0 Å². The molecule has 1 N–H and O–H groups in total. The molecule has 1 aliphatic heterocycles. The van der Waals surface area contributed by atoms with Gasteiger partial charge in [-0.2, -0.15) is 5.10 Å². The van der Waals surface area contributed by atoms with Crippen molar-refractivity contribution in [1.29, 1.82) is 0 Å². The van der Waals surface area contributed by atoms with E-state index in [-0.39, 0.29) is 12.7 Å². The Morgan fingerprint density at radius 1 is 1.06 bits per heavy atom. The minimum absolute atomic E-state index is 0.215. The Hall–Kier alpha value is -4.26. The smallest absolute Gasteiger partial charge is 0.287 e. The zero-order valence-corrected chi connectivity index (χ0v) is 17.4. The second-order valence-electron chi connectivity index (χ2n) is 7.40. The predicted molar refractivity (Wildman–Crippen MR) is 121 cm³/mol. The third kappa shape index (κ3) is 4.00. The number of nitrogens with zero attached hydrogens (tertiary/aromatic N) is 2. The first-order valence-electron chi connectivity index (χ1n) is 10.2. The van der Waals surface area contributed by atoms with Crippen molar-refractivity contribution in [2.45, 2.75) is 6.61 Å².